The highest BCUT2D eigenvalue weighted by Crippen LogP contribution is 2.39. The van der Waals surface area contributed by atoms with Crippen LogP contribution in [0.25, 0.3) is 0 Å². The molecule has 12 nitrogen and oxygen atoms in total. The Kier molecular flexibility index (Phi) is 18.0. The largest absolute Gasteiger partial charge is 0.462 e. The second-order valence-electron chi connectivity index (χ2n) is 13.5. The Morgan fingerprint density at radius 2 is 0.776 bits per heavy atom. The van der Waals surface area contributed by atoms with Gasteiger partial charge in [-0.15, -0.1) is 0 Å². The molecule has 1 heterocycles. The van der Waals surface area contributed by atoms with E-state index in [0.29, 0.717) is 72.2 Å². The topological polar surface area (TPSA) is 142 Å². The van der Waals surface area contributed by atoms with Gasteiger partial charge in [-0.2, -0.15) is 0 Å². The molecule has 0 aromatic rings. The molecule has 278 valence electrons. The number of ether oxygens (including phenoxy) is 4. The summed E-state index contributed by atoms with van der Waals surface area (Å²) in [5.41, 5.74) is 1.26. The van der Waals surface area contributed by atoms with E-state index in [1.807, 2.05) is 33.1 Å². The van der Waals surface area contributed by atoms with Crippen molar-refractivity contribution in [1.82, 2.24) is 0 Å². The van der Waals surface area contributed by atoms with Crippen LogP contribution in [0.2, 0.25) is 50.4 Å². The highest BCUT2D eigenvalue weighted by Gasteiger charge is 2.56. The molecule has 1 aliphatic rings. The predicted molar refractivity (Wildman–Crippen MR) is 196 cm³/mol. The maximum atomic E-state index is 12.2. The summed E-state index contributed by atoms with van der Waals surface area (Å²) in [5.74, 6) is -1.85. The predicted octanol–water partition coefficient (Wildman–Crippen LogP) is 6.78. The van der Waals surface area contributed by atoms with Gasteiger partial charge in [0.1, 0.15) is 0 Å². The second kappa shape index (κ2) is 19.8. The first-order valence-electron chi connectivity index (χ1n) is 16.7. The Labute approximate surface area is 297 Å². The summed E-state index contributed by atoms with van der Waals surface area (Å²) in [6, 6.07) is 1.97. The molecule has 0 aromatic heterocycles. The van der Waals surface area contributed by atoms with Crippen molar-refractivity contribution in [2.24, 2.45) is 0 Å². The number of carbonyl (C=O) groups excluding carboxylic acids is 4. The molecular formula is C33H58O12Si4. The average Bonchev–Trinajstić information content (AvgIpc) is 2.97. The number of carbonyl (C=O) groups is 4. The molecule has 0 amide bonds. The molecule has 0 aromatic carbocycles. The summed E-state index contributed by atoms with van der Waals surface area (Å²) < 4.78 is 49.9. The molecule has 1 rings (SSSR count). The van der Waals surface area contributed by atoms with Gasteiger partial charge in [-0.05, 0) is 111 Å². The molecule has 1 saturated heterocycles. The molecule has 3 atom stereocenters. The van der Waals surface area contributed by atoms with E-state index in [2.05, 4.69) is 26.3 Å². The van der Waals surface area contributed by atoms with Crippen molar-refractivity contribution in [2.45, 2.75) is 117 Å². The van der Waals surface area contributed by atoms with Gasteiger partial charge in [-0.25, -0.2) is 19.2 Å². The Balaban J connectivity index is 3.40. The molecule has 49 heavy (non-hydrogen) atoms. The first kappa shape index (κ1) is 44.6. The molecule has 0 aliphatic carbocycles. The summed E-state index contributed by atoms with van der Waals surface area (Å²) in [7, 11) is -12.3. The van der Waals surface area contributed by atoms with Crippen LogP contribution in [0.3, 0.4) is 0 Å². The Hall–Kier alpha value is -2.45. The van der Waals surface area contributed by atoms with Gasteiger partial charge < -0.3 is 35.4 Å². The van der Waals surface area contributed by atoms with E-state index in [-0.39, 0.29) is 19.8 Å². The lowest BCUT2D eigenvalue weighted by Crippen LogP contribution is -2.67. The highest BCUT2D eigenvalue weighted by atomic mass is 28.5. The van der Waals surface area contributed by atoms with Crippen molar-refractivity contribution < 1.29 is 54.6 Å². The van der Waals surface area contributed by atoms with E-state index in [9.17, 15) is 19.2 Å². The summed E-state index contributed by atoms with van der Waals surface area (Å²) in [6.07, 6.45) is 1.53. The van der Waals surface area contributed by atoms with Crippen LogP contribution in [0.1, 0.15) is 60.3 Å². The van der Waals surface area contributed by atoms with Crippen LogP contribution in [-0.4, -0.2) is 84.0 Å². The molecule has 1 fully saturated rings. The minimum absolute atomic E-state index is 0.166. The zero-order valence-corrected chi connectivity index (χ0v) is 35.1. The van der Waals surface area contributed by atoms with Crippen LogP contribution in [0, 0.1) is 0 Å². The quantitative estimate of drug-likeness (QED) is 0.0425. The third-order valence-electron chi connectivity index (χ3n) is 7.46. The first-order valence-corrected chi connectivity index (χ1v) is 26.8. The summed E-state index contributed by atoms with van der Waals surface area (Å²) in [6.45, 7) is 31.2. The fraction of sp³-hybridized carbons (Fsp3) is 0.636. The second-order valence-corrected chi connectivity index (χ2v) is 27.9. The number of hydrogen-bond acceptors (Lipinski definition) is 12. The zero-order valence-electron chi connectivity index (χ0n) is 31.1. The van der Waals surface area contributed by atoms with Crippen molar-refractivity contribution >= 4 is 58.1 Å². The van der Waals surface area contributed by atoms with Crippen LogP contribution >= 0.6 is 0 Å². The van der Waals surface area contributed by atoms with Crippen molar-refractivity contribution in [1.29, 1.82) is 0 Å². The number of esters is 4. The Bertz CT molecular complexity index is 1200. The molecule has 0 bridgehead atoms. The van der Waals surface area contributed by atoms with E-state index < -0.39 is 64.2 Å². The summed E-state index contributed by atoms with van der Waals surface area (Å²) in [5, 5.41) is 0. The Morgan fingerprint density at radius 3 is 1.04 bits per heavy atom. The van der Waals surface area contributed by atoms with Crippen LogP contribution in [-0.2, 0) is 54.6 Å². The normalized spacial score (nSPS) is 25.9. The fourth-order valence-corrected chi connectivity index (χ4v) is 28.5. The van der Waals surface area contributed by atoms with Crippen LogP contribution in [0.4, 0.5) is 0 Å². The van der Waals surface area contributed by atoms with Crippen molar-refractivity contribution in [3.63, 3.8) is 0 Å². The van der Waals surface area contributed by atoms with E-state index >= 15 is 0 Å². The van der Waals surface area contributed by atoms with Crippen molar-refractivity contribution in [3.8, 4) is 0 Å². The lowest BCUT2D eigenvalue weighted by molar-refractivity contribution is -0.143. The first-order chi connectivity index (χ1) is 22.5. The zero-order chi connectivity index (χ0) is 37.6. The monoisotopic (exact) mass is 758 g/mol. The van der Waals surface area contributed by atoms with Crippen molar-refractivity contribution in [2.75, 3.05) is 19.8 Å². The standard InChI is InChI=1S/C33H58O12Si4/c1-25(2)30(34)38-18-14-21-46(10)42-47(11,22-15-19-39-31(35)26(3)4)44-49(13,24-17-29(9)41-33(37)28(7)8)45-48(12,43-46)23-16-20-40-32(36)27(5)6/h29H,1,3,5,7,14-24H2,2,4,6,8-13H3. The fourth-order valence-electron chi connectivity index (χ4n) is 5.17. The maximum Gasteiger partial charge on any atom is 0.333 e. The minimum Gasteiger partial charge on any atom is -0.462 e. The molecule has 0 spiro atoms. The third kappa shape index (κ3) is 16.9. The van der Waals surface area contributed by atoms with Gasteiger partial charge in [-0.1, -0.05) is 26.3 Å². The molecule has 16 heteroatoms. The van der Waals surface area contributed by atoms with Gasteiger partial charge >= 0.3 is 58.1 Å². The van der Waals surface area contributed by atoms with Gasteiger partial charge in [0.25, 0.3) is 0 Å². The lowest BCUT2D eigenvalue weighted by Gasteiger charge is -2.50. The number of rotatable bonds is 20. The van der Waals surface area contributed by atoms with Crippen LogP contribution in [0.15, 0.2) is 48.6 Å². The molecule has 0 N–H and O–H groups in total. The molecule has 3 unspecified atom stereocenters. The van der Waals surface area contributed by atoms with E-state index in [4.69, 9.17) is 35.4 Å². The van der Waals surface area contributed by atoms with Gasteiger partial charge in [0.2, 0.25) is 0 Å². The highest BCUT2D eigenvalue weighted by molar-refractivity contribution is 6.93. The van der Waals surface area contributed by atoms with Crippen LogP contribution in [0.5, 0.6) is 0 Å². The van der Waals surface area contributed by atoms with Crippen molar-refractivity contribution in [3.05, 3.63) is 48.6 Å². The lowest BCUT2D eigenvalue weighted by atomic mass is 10.3. The van der Waals surface area contributed by atoms with E-state index in [0.717, 1.165) is 0 Å². The van der Waals surface area contributed by atoms with Crippen LogP contribution < -0.4 is 0 Å². The number of hydrogen-bond donors (Lipinski definition) is 0. The smallest absolute Gasteiger partial charge is 0.333 e. The van der Waals surface area contributed by atoms with E-state index in [1.165, 1.54) is 0 Å². The van der Waals surface area contributed by atoms with Gasteiger partial charge in [0, 0.05) is 22.3 Å². The molecule has 1 aliphatic heterocycles. The SMILES string of the molecule is C=C(C)C(=O)OCCC[Si]1(C)O[Si](C)(CCCOC(=O)C(=C)C)O[Si](C)(CCC(C)OC(=O)C(=C)C)O[Si](C)(CCCOC(=O)C(=C)C)O1. The van der Waals surface area contributed by atoms with Gasteiger partial charge in [0.15, 0.2) is 0 Å². The summed E-state index contributed by atoms with van der Waals surface area (Å²) >= 11 is 0. The minimum atomic E-state index is -3.10. The Morgan fingerprint density at radius 1 is 0.510 bits per heavy atom. The van der Waals surface area contributed by atoms with Gasteiger partial charge in [0.05, 0.1) is 25.9 Å². The van der Waals surface area contributed by atoms with Gasteiger partial charge in [-0.3, -0.25) is 0 Å². The molecular weight excluding hydrogens is 701 g/mol. The molecule has 0 saturated carbocycles. The third-order valence-corrected chi connectivity index (χ3v) is 26.3. The molecule has 0 radical (unpaired) electrons. The average molecular weight is 759 g/mol. The maximum absolute atomic E-state index is 12.2. The summed E-state index contributed by atoms with van der Waals surface area (Å²) in [4.78, 5) is 48.3. The van der Waals surface area contributed by atoms with E-state index in [1.54, 1.807) is 27.7 Å².